The summed E-state index contributed by atoms with van der Waals surface area (Å²) in [4.78, 5) is 24.6. The predicted molar refractivity (Wildman–Crippen MR) is 111 cm³/mol. The van der Waals surface area contributed by atoms with Gasteiger partial charge in [-0.3, -0.25) is 4.79 Å². The van der Waals surface area contributed by atoms with Gasteiger partial charge >= 0.3 is 6.03 Å². The summed E-state index contributed by atoms with van der Waals surface area (Å²) in [5.74, 6) is 0.120. The minimum atomic E-state index is -0.203. The summed E-state index contributed by atoms with van der Waals surface area (Å²) in [7, 11) is 0. The Hall–Kier alpha value is -3.34. The molecule has 0 fully saturated rings. The van der Waals surface area contributed by atoms with Gasteiger partial charge < -0.3 is 15.7 Å². The standard InChI is InChI=1S/C23H24N2O3/c1-2-11-24-23(28)25-12-10-18-14-19(22(27)16-6-4-3-5-7-16)13-17-8-9-20(26)15-21(17)18/h3-9,13-15,26H,2,10-12H2,1H3,(H2,24,25,28). The molecule has 0 bridgehead atoms. The second-order valence-electron chi connectivity index (χ2n) is 6.67. The summed E-state index contributed by atoms with van der Waals surface area (Å²) in [5, 5.41) is 17.2. The van der Waals surface area contributed by atoms with Crippen LogP contribution in [0.2, 0.25) is 0 Å². The van der Waals surface area contributed by atoms with Crippen LogP contribution in [0.1, 0.15) is 34.8 Å². The Morgan fingerprint density at radius 3 is 2.39 bits per heavy atom. The van der Waals surface area contributed by atoms with Gasteiger partial charge in [-0.05, 0) is 53.4 Å². The molecule has 0 radical (unpaired) electrons. The summed E-state index contributed by atoms with van der Waals surface area (Å²) in [6.07, 6.45) is 1.43. The first kappa shape index (κ1) is 19.4. The van der Waals surface area contributed by atoms with Crippen LogP contribution in [-0.4, -0.2) is 30.0 Å². The Labute approximate surface area is 164 Å². The van der Waals surface area contributed by atoms with Crippen LogP contribution in [0.25, 0.3) is 10.8 Å². The molecule has 0 atom stereocenters. The van der Waals surface area contributed by atoms with Crippen LogP contribution < -0.4 is 10.6 Å². The molecule has 0 saturated carbocycles. The van der Waals surface area contributed by atoms with E-state index in [9.17, 15) is 14.7 Å². The molecule has 2 amide bonds. The number of hydrogen-bond donors (Lipinski definition) is 3. The van der Waals surface area contributed by atoms with Crippen LogP contribution in [0.15, 0.2) is 60.7 Å². The van der Waals surface area contributed by atoms with Crippen molar-refractivity contribution in [3.63, 3.8) is 0 Å². The minimum absolute atomic E-state index is 0.0505. The minimum Gasteiger partial charge on any atom is -0.508 e. The van der Waals surface area contributed by atoms with Gasteiger partial charge in [-0.2, -0.15) is 0 Å². The van der Waals surface area contributed by atoms with Crippen LogP contribution in [0.5, 0.6) is 5.75 Å². The number of amides is 2. The highest BCUT2D eigenvalue weighted by molar-refractivity contribution is 6.11. The van der Waals surface area contributed by atoms with Crippen molar-refractivity contribution in [2.45, 2.75) is 19.8 Å². The molecule has 5 nitrogen and oxygen atoms in total. The molecule has 3 rings (SSSR count). The number of phenolic OH excluding ortho intramolecular Hbond substituents is 1. The van der Waals surface area contributed by atoms with E-state index >= 15 is 0 Å². The van der Waals surface area contributed by atoms with Gasteiger partial charge in [0.15, 0.2) is 5.78 Å². The molecule has 0 aromatic heterocycles. The first-order valence-electron chi connectivity index (χ1n) is 9.45. The molecule has 0 unspecified atom stereocenters. The van der Waals surface area contributed by atoms with Gasteiger partial charge in [0.1, 0.15) is 5.75 Å². The molecule has 0 aliphatic carbocycles. The van der Waals surface area contributed by atoms with Crippen LogP contribution in [0.4, 0.5) is 4.79 Å². The molecular weight excluding hydrogens is 352 g/mol. The number of carbonyl (C=O) groups excluding carboxylic acids is 2. The number of benzene rings is 3. The van der Waals surface area contributed by atoms with Gasteiger partial charge in [0, 0.05) is 24.2 Å². The van der Waals surface area contributed by atoms with Gasteiger partial charge in [-0.15, -0.1) is 0 Å². The topological polar surface area (TPSA) is 78.4 Å². The number of hydrogen-bond acceptors (Lipinski definition) is 3. The van der Waals surface area contributed by atoms with Gasteiger partial charge in [0.2, 0.25) is 0 Å². The highest BCUT2D eigenvalue weighted by atomic mass is 16.3. The van der Waals surface area contributed by atoms with Crippen molar-refractivity contribution >= 4 is 22.6 Å². The van der Waals surface area contributed by atoms with Crippen molar-refractivity contribution in [2.24, 2.45) is 0 Å². The molecule has 3 aromatic carbocycles. The highest BCUT2D eigenvalue weighted by Crippen LogP contribution is 2.26. The Morgan fingerprint density at radius 2 is 1.64 bits per heavy atom. The van der Waals surface area contributed by atoms with Crippen LogP contribution >= 0.6 is 0 Å². The van der Waals surface area contributed by atoms with E-state index in [1.807, 2.05) is 37.3 Å². The monoisotopic (exact) mass is 376 g/mol. The molecule has 28 heavy (non-hydrogen) atoms. The van der Waals surface area contributed by atoms with Gasteiger partial charge in [0.05, 0.1) is 0 Å². The van der Waals surface area contributed by atoms with E-state index in [2.05, 4.69) is 10.6 Å². The first-order valence-corrected chi connectivity index (χ1v) is 9.45. The normalized spacial score (nSPS) is 10.6. The summed E-state index contributed by atoms with van der Waals surface area (Å²) < 4.78 is 0. The van der Waals surface area contributed by atoms with Crippen molar-refractivity contribution in [1.82, 2.24) is 10.6 Å². The molecule has 0 aliphatic rings. The lowest BCUT2D eigenvalue weighted by Gasteiger charge is -2.12. The molecule has 0 spiro atoms. The van der Waals surface area contributed by atoms with E-state index in [1.54, 1.807) is 30.3 Å². The average molecular weight is 376 g/mol. The number of aromatic hydroxyl groups is 1. The van der Waals surface area contributed by atoms with Gasteiger partial charge in [0.25, 0.3) is 0 Å². The third kappa shape index (κ3) is 4.68. The summed E-state index contributed by atoms with van der Waals surface area (Å²) in [6.45, 7) is 3.06. The Morgan fingerprint density at radius 1 is 0.893 bits per heavy atom. The van der Waals surface area contributed by atoms with E-state index in [0.717, 1.165) is 22.8 Å². The maximum absolute atomic E-state index is 12.9. The SMILES string of the molecule is CCCNC(=O)NCCc1cc(C(=O)c2ccccc2)cc2ccc(O)cc12. The van der Waals surface area contributed by atoms with Gasteiger partial charge in [-0.1, -0.05) is 43.3 Å². The lowest BCUT2D eigenvalue weighted by Crippen LogP contribution is -2.36. The summed E-state index contributed by atoms with van der Waals surface area (Å²) in [5.41, 5.74) is 2.13. The van der Waals surface area contributed by atoms with E-state index < -0.39 is 0 Å². The second kappa shape index (κ2) is 9.04. The molecular formula is C23H24N2O3. The molecule has 0 heterocycles. The average Bonchev–Trinajstić information content (AvgIpc) is 2.72. The molecule has 5 heteroatoms. The van der Waals surface area contributed by atoms with Crippen LogP contribution in [0.3, 0.4) is 0 Å². The second-order valence-corrected chi connectivity index (χ2v) is 6.67. The van der Waals surface area contributed by atoms with Crippen molar-refractivity contribution in [3.8, 4) is 5.75 Å². The number of rotatable bonds is 7. The largest absolute Gasteiger partial charge is 0.508 e. The van der Waals surface area contributed by atoms with Crippen LogP contribution in [-0.2, 0) is 6.42 Å². The molecule has 3 N–H and O–H groups in total. The summed E-state index contributed by atoms with van der Waals surface area (Å²) in [6, 6.07) is 17.7. The third-order valence-corrected chi connectivity index (χ3v) is 4.54. The number of phenols is 1. The smallest absolute Gasteiger partial charge is 0.314 e. The van der Waals surface area contributed by atoms with Crippen molar-refractivity contribution in [2.75, 3.05) is 13.1 Å². The lowest BCUT2D eigenvalue weighted by atomic mass is 9.94. The Balaban J connectivity index is 1.87. The van der Waals surface area contributed by atoms with E-state index in [4.69, 9.17) is 0 Å². The fourth-order valence-electron chi connectivity index (χ4n) is 3.13. The molecule has 0 saturated heterocycles. The number of nitrogens with one attached hydrogen (secondary N) is 2. The zero-order valence-corrected chi connectivity index (χ0v) is 15.9. The van der Waals surface area contributed by atoms with Crippen LogP contribution in [0, 0.1) is 0 Å². The Bertz CT molecular complexity index is 984. The zero-order valence-electron chi connectivity index (χ0n) is 15.9. The van der Waals surface area contributed by atoms with Crippen molar-refractivity contribution in [3.05, 3.63) is 77.4 Å². The number of ketones is 1. The number of fused-ring (bicyclic) bond motifs is 1. The maximum Gasteiger partial charge on any atom is 0.314 e. The molecule has 3 aromatic rings. The van der Waals surface area contributed by atoms with Crippen molar-refractivity contribution in [1.29, 1.82) is 0 Å². The quantitative estimate of drug-likeness (QED) is 0.545. The zero-order chi connectivity index (χ0) is 19.9. The molecule has 0 aliphatic heterocycles. The number of urea groups is 1. The fraction of sp³-hybridized carbons (Fsp3) is 0.217. The highest BCUT2D eigenvalue weighted by Gasteiger charge is 2.13. The van der Waals surface area contributed by atoms with E-state index in [0.29, 0.717) is 30.6 Å². The van der Waals surface area contributed by atoms with E-state index in [-0.39, 0.29) is 17.6 Å². The third-order valence-electron chi connectivity index (χ3n) is 4.54. The van der Waals surface area contributed by atoms with Crippen molar-refractivity contribution < 1.29 is 14.7 Å². The Kier molecular flexibility index (Phi) is 6.27. The fourth-order valence-corrected chi connectivity index (χ4v) is 3.13. The molecule has 144 valence electrons. The first-order chi connectivity index (χ1) is 13.6. The predicted octanol–water partition coefficient (Wildman–Crippen LogP) is 4.03. The lowest BCUT2D eigenvalue weighted by molar-refractivity contribution is 0.103. The van der Waals surface area contributed by atoms with E-state index in [1.165, 1.54) is 0 Å². The summed E-state index contributed by atoms with van der Waals surface area (Å²) >= 11 is 0. The number of carbonyl (C=O) groups is 2. The maximum atomic E-state index is 12.9. The van der Waals surface area contributed by atoms with Gasteiger partial charge in [-0.25, -0.2) is 4.79 Å².